The monoisotopic (exact) mass is 447 g/mol. The standard InChI is InChI=1S/C20H25N5O5S/c1-3-25(4-2)12-11-21-14-5-8-16(9-6-14)31(28,29)30-15-7-10-17-18(13-15)23-19(22-17)24-20(26)27/h5-10,13,21H,3-4,11-12H2,1-2H3,(H,26,27)(H2,22,23,24). The van der Waals surface area contributed by atoms with Gasteiger partial charge >= 0.3 is 16.2 Å². The van der Waals surface area contributed by atoms with E-state index in [1.165, 1.54) is 30.3 Å². The van der Waals surface area contributed by atoms with Gasteiger partial charge in [-0.1, -0.05) is 13.8 Å². The van der Waals surface area contributed by atoms with Gasteiger partial charge in [0.1, 0.15) is 10.6 Å². The highest BCUT2D eigenvalue weighted by Crippen LogP contribution is 2.24. The lowest BCUT2D eigenvalue weighted by Gasteiger charge is -2.18. The van der Waals surface area contributed by atoms with Crippen LogP contribution in [-0.4, -0.2) is 60.7 Å². The first-order valence-corrected chi connectivity index (χ1v) is 11.2. The number of hydrogen-bond donors (Lipinski definition) is 4. The summed E-state index contributed by atoms with van der Waals surface area (Å²) in [7, 11) is -4.03. The quantitative estimate of drug-likeness (QED) is 0.348. The predicted octanol–water partition coefficient (Wildman–Crippen LogP) is 3.17. The third-order valence-electron chi connectivity index (χ3n) is 4.68. The maximum atomic E-state index is 12.6. The number of fused-ring (bicyclic) bond motifs is 1. The summed E-state index contributed by atoms with van der Waals surface area (Å²) in [5.41, 5.74) is 1.72. The van der Waals surface area contributed by atoms with Crippen molar-refractivity contribution in [3.05, 3.63) is 42.5 Å². The number of imidazole rings is 1. The molecule has 1 heterocycles. The molecule has 0 unspecified atom stereocenters. The first-order chi connectivity index (χ1) is 14.8. The van der Waals surface area contributed by atoms with Crippen LogP contribution in [0.2, 0.25) is 0 Å². The highest BCUT2D eigenvalue weighted by Gasteiger charge is 2.17. The summed E-state index contributed by atoms with van der Waals surface area (Å²) in [5, 5.41) is 14.1. The molecule has 0 aliphatic carbocycles. The number of aromatic nitrogens is 2. The van der Waals surface area contributed by atoms with Crippen LogP contribution in [0, 0.1) is 0 Å². The van der Waals surface area contributed by atoms with E-state index in [2.05, 4.69) is 39.3 Å². The van der Waals surface area contributed by atoms with Gasteiger partial charge in [0.05, 0.1) is 11.0 Å². The number of amides is 1. The summed E-state index contributed by atoms with van der Waals surface area (Å²) in [6, 6.07) is 10.8. The number of carboxylic acid groups (broad SMARTS) is 1. The lowest BCUT2D eigenvalue weighted by atomic mass is 10.3. The second kappa shape index (κ2) is 9.67. The number of hydrogen-bond acceptors (Lipinski definition) is 7. The summed E-state index contributed by atoms with van der Waals surface area (Å²) in [4.78, 5) is 19.8. The Morgan fingerprint density at radius 3 is 2.52 bits per heavy atom. The Morgan fingerprint density at radius 2 is 1.87 bits per heavy atom. The SMILES string of the molecule is CCN(CC)CCNc1ccc(S(=O)(=O)Oc2ccc3nc(NC(=O)O)[nH]c3c2)cc1. The number of benzene rings is 2. The van der Waals surface area contributed by atoms with Gasteiger partial charge in [0.25, 0.3) is 0 Å². The van der Waals surface area contributed by atoms with Gasteiger partial charge in [-0.05, 0) is 49.5 Å². The summed E-state index contributed by atoms with van der Waals surface area (Å²) in [6.07, 6.45) is -1.26. The van der Waals surface area contributed by atoms with E-state index in [1.54, 1.807) is 12.1 Å². The van der Waals surface area contributed by atoms with Crippen molar-refractivity contribution in [3.8, 4) is 5.75 Å². The van der Waals surface area contributed by atoms with E-state index in [4.69, 9.17) is 9.29 Å². The topological polar surface area (TPSA) is 137 Å². The Morgan fingerprint density at radius 1 is 1.16 bits per heavy atom. The zero-order chi connectivity index (χ0) is 22.4. The number of aromatic amines is 1. The lowest BCUT2D eigenvalue weighted by molar-refractivity contribution is 0.209. The van der Waals surface area contributed by atoms with Crippen LogP contribution in [0.4, 0.5) is 16.4 Å². The van der Waals surface area contributed by atoms with Crippen LogP contribution >= 0.6 is 0 Å². The number of carbonyl (C=O) groups is 1. The first kappa shape index (κ1) is 22.4. The Hall–Kier alpha value is -3.31. The molecule has 10 nitrogen and oxygen atoms in total. The Labute approximate surface area is 180 Å². The summed E-state index contributed by atoms with van der Waals surface area (Å²) >= 11 is 0. The van der Waals surface area contributed by atoms with Gasteiger partial charge in [-0.25, -0.2) is 9.78 Å². The largest absolute Gasteiger partial charge is 0.465 e. The number of anilines is 2. The lowest BCUT2D eigenvalue weighted by Crippen LogP contribution is -2.28. The Kier molecular flexibility index (Phi) is 6.98. The number of nitrogens with one attached hydrogen (secondary N) is 3. The molecule has 1 aromatic heterocycles. The van der Waals surface area contributed by atoms with Crippen molar-refractivity contribution >= 4 is 38.9 Å². The van der Waals surface area contributed by atoms with E-state index in [-0.39, 0.29) is 16.6 Å². The van der Waals surface area contributed by atoms with Crippen molar-refractivity contribution in [2.45, 2.75) is 18.7 Å². The number of nitrogens with zero attached hydrogens (tertiary/aromatic N) is 2. The smallest absolute Gasteiger partial charge is 0.411 e. The normalized spacial score (nSPS) is 11.6. The molecule has 3 rings (SSSR count). The molecule has 166 valence electrons. The van der Waals surface area contributed by atoms with E-state index < -0.39 is 16.2 Å². The maximum absolute atomic E-state index is 12.6. The summed E-state index contributed by atoms with van der Waals surface area (Å²) < 4.78 is 30.5. The van der Waals surface area contributed by atoms with Crippen LogP contribution in [-0.2, 0) is 10.1 Å². The second-order valence-corrected chi connectivity index (χ2v) is 8.26. The van der Waals surface area contributed by atoms with Crippen molar-refractivity contribution in [1.82, 2.24) is 14.9 Å². The molecule has 0 saturated heterocycles. The fourth-order valence-corrected chi connectivity index (χ4v) is 3.94. The predicted molar refractivity (Wildman–Crippen MR) is 118 cm³/mol. The molecule has 3 aromatic rings. The molecule has 4 N–H and O–H groups in total. The highest BCUT2D eigenvalue weighted by molar-refractivity contribution is 7.87. The molecule has 0 spiro atoms. The zero-order valence-corrected chi connectivity index (χ0v) is 18.1. The van der Waals surface area contributed by atoms with Crippen LogP contribution < -0.4 is 14.8 Å². The van der Waals surface area contributed by atoms with Gasteiger partial charge in [0, 0.05) is 24.8 Å². The minimum atomic E-state index is -4.03. The third-order valence-corrected chi connectivity index (χ3v) is 5.94. The van der Waals surface area contributed by atoms with Crippen LogP contribution in [0.5, 0.6) is 5.75 Å². The van der Waals surface area contributed by atoms with Gasteiger partial charge < -0.3 is 24.5 Å². The molecule has 0 atom stereocenters. The van der Waals surface area contributed by atoms with E-state index in [1.807, 2.05) is 0 Å². The summed E-state index contributed by atoms with van der Waals surface area (Å²) in [5.74, 6) is 0.117. The van der Waals surface area contributed by atoms with Crippen LogP contribution in [0.15, 0.2) is 47.4 Å². The zero-order valence-electron chi connectivity index (χ0n) is 17.3. The van der Waals surface area contributed by atoms with Crippen molar-refractivity contribution in [2.24, 2.45) is 0 Å². The highest BCUT2D eigenvalue weighted by atomic mass is 32.2. The molecular formula is C20H25N5O5S. The molecule has 0 aliphatic heterocycles. The molecule has 31 heavy (non-hydrogen) atoms. The fraction of sp³-hybridized carbons (Fsp3) is 0.300. The van der Waals surface area contributed by atoms with Crippen molar-refractivity contribution < 1.29 is 22.5 Å². The Bertz CT molecular complexity index is 1140. The second-order valence-electron chi connectivity index (χ2n) is 6.71. The third kappa shape index (κ3) is 5.86. The van der Waals surface area contributed by atoms with E-state index in [0.29, 0.717) is 11.0 Å². The van der Waals surface area contributed by atoms with E-state index >= 15 is 0 Å². The van der Waals surface area contributed by atoms with Gasteiger partial charge in [0.2, 0.25) is 5.95 Å². The molecule has 0 radical (unpaired) electrons. The first-order valence-electron chi connectivity index (χ1n) is 9.81. The van der Waals surface area contributed by atoms with E-state index in [0.717, 1.165) is 31.9 Å². The van der Waals surface area contributed by atoms with Crippen molar-refractivity contribution in [2.75, 3.05) is 36.8 Å². The molecule has 11 heteroatoms. The maximum Gasteiger partial charge on any atom is 0.411 e. The van der Waals surface area contributed by atoms with Gasteiger partial charge in [-0.3, -0.25) is 5.32 Å². The minimum absolute atomic E-state index is 0.0275. The fourth-order valence-electron chi connectivity index (χ4n) is 3.01. The number of H-pyrrole nitrogens is 1. The van der Waals surface area contributed by atoms with Crippen LogP contribution in [0.1, 0.15) is 13.8 Å². The van der Waals surface area contributed by atoms with Gasteiger partial charge in [-0.15, -0.1) is 0 Å². The summed E-state index contributed by atoms with van der Waals surface area (Å²) in [6.45, 7) is 7.84. The Balaban J connectivity index is 1.66. The average molecular weight is 448 g/mol. The number of rotatable bonds is 10. The van der Waals surface area contributed by atoms with Gasteiger partial charge in [0.15, 0.2) is 0 Å². The average Bonchev–Trinajstić information content (AvgIpc) is 3.12. The van der Waals surface area contributed by atoms with Crippen molar-refractivity contribution in [3.63, 3.8) is 0 Å². The van der Waals surface area contributed by atoms with E-state index in [9.17, 15) is 13.2 Å². The number of likely N-dealkylation sites (N-methyl/N-ethyl adjacent to an activating group) is 1. The van der Waals surface area contributed by atoms with Crippen LogP contribution in [0.25, 0.3) is 11.0 Å². The molecular weight excluding hydrogens is 422 g/mol. The van der Waals surface area contributed by atoms with Crippen LogP contribution in [0.3, 0.4) is 0 Å². The molecule has 0 bridgehead atoms. The molecule has 1 amide bonds. The van der Waals surface area contributed by atoms with Gasteiger partial charge in [-0.2, -0.15) is 8.42 Å². The molecule has 2 aromatic carbocycles. The molecule has 0 saturated carbocycles. The van der Waals surface area contributed by atoms with Crippen molar-refractivity contribution in [1.29, 1.82) is 0 Å². The molecule has 0 fully saturated rings. The molecule has 0 aliphatic rings. The minimum Gasteiger partial charge on any atom is -0.465 e.